The number of ether oxygens (including phenoxy) is 2. The Morgan fingerprint density at radius 3 is 1.89 bits per heavy atom. The Morgan fingerprint density at radius 1 is 0.669 bits per heavy atom. The lowest BCUT2D eigenvalue weighted by Gasteiger charge is -2.42. The number of anilines is 1. The number of hydrogen-bond donors (Lipinski definition) is 3. The van der Waals surface area contributed by atoms with Crippen molar-refractivity contribution in [1.29, 1.82) is 0 Å². The third-order valence-electron chi connectivity index (χ3n) is 26.9. The van der Waals surface area contributed by atoms with Crippen LogP contribution in [0.5, 0.6) is 11.5 Å². The summed E-state index contributed by atoms with van der Waals surface area (Å²) in [6.07, 6.45) is 0.691. The molecule has 16 rings (SSSR count). The van der Waals surface area contributed by atoms with E-state index < -0.39 is 75.9 Å². The summed E-state index contributed by atoms with van der Waals surface area (Å²) in [4.78, 5) is 83.0. The number of imidazole rings is 1. The summed E-state index contributed by atoms with van der Waals surface area (Å²) in [7, 11) is 3.43. The van der Waals surface area contributed by atoms with Crippen LogP contribution in [0.25, 0.3) is 0 Å². The highest BCUT2D eigenvalue weighted by Crippen LogP contribution is 2.52. The van der Waals surface area contributed by atoms with Gasteiger partial charge in [0.2, 0.25) is 0 Å². The Balaban J connectivity index is 0.000000156. The van der Waals surface area contributed by atoms with Gasteiger partial charge < -0.3 is 49.2 Å². The molecule has 4 aliphatic heterocycles. The van der Waals surface area contributed by atoms with Crippen molar-refractivity contribution in [2.45, 2.75) is 140 Å². The molecule has 8 aromatic carbocycles. The first-order chi connectivity index (χ1) is 66.0. The summed E-state index contributed by atoms with van der Waals surface area (Å²) in [5.41, 5.74) is 10.3. The molecule has 2 aromatic heterocycles. The van der Waals surface area contributed by atoms with E-state index in [9.17, 15) is 71.9 Å². The number of methoxy groups -OCH3 is 1. The Hall–Kier alpha value is -11.7. The first kappa shape index (κ1) is 106. The number of piperazine rings is 1. The molecule has 139 heavy (non-hydrogen) atoms. The molecule has 10 aromatic rings. The van der Waals surface area contributed by atoms with Crippen LogP contribution in [0.1, 0.15) is 169 Å². The van der Waals surface area contributed by atoms with E-state index in [1.165, 1.54) is 65.1 Å². The molecule has 22 nitrogen and oxygen atoms in total. The number of carbonyl (C=O) groups is 5. The number of piperidine rings is 2. The molecular formula is C106H123ClF9N11O11S. The lowest BCUT2D eigenvalue weighted by atomic mass is 9.71. The van der Waals surface area contributed by atoms with E-state index in [-0.39, 0.29) is 107 Å². The Labute approximate surface area is 812 Å². The molecule has 33 heteroatoms. The number of pyridine rings is 1. The van der Waals surface area contributed by atoms with Gasteiger partial charge in [-0.1, -0.05) is 157 Å². The Bertz CT molecular complexity index is 5970. The summed E-state index contributed by atoms with van der Waals surface area (Å²) in [5, 5.41) is 21.2. The summed E-state index contributed by atoms with van der Waals surface area (Å²) in [6.45, 7) is 18.4. The van der Waals surface area contributed by atoms with E-state index in [0.29, 0.717) is 65.4 Å². The standard InChI is InChI=1S/C24H29F3N2O2.C21H23F4N3O4S.C21H24FNO2.C21H25NO2.C19H22ClFN4O/c1-16-14-18(24(25,26)27)15-19(31-4)20(16)22(30)28-21(17-10-6-5-7-11-17)23(2,3)29-12-8-9-13-29;1-13-10-17(22)19(26-12-13)27-6-8-28(9-7-27)20(29)16-11-15(33(3,30)31)4-5-18(16)32-14(2)21(23,24)25;22-14-16-5-4-8-19(13-16)21(17-6-2-1-3-7-17)18-9-11-23(12-10-18)15-20(24)25;1-15-8-11-19-17(12-15)9-10-18(13-22(2)14-20(23)24)21(19)16-6-4-3-5-7-16;1-23-7-13-14(8-23)15(13)9-25(19(26)18-10-24(2)11-22-18)6-12-3-4-17(21)16(20)5-12/h5-7,10-11,14-15,21H,8-9,12-13H2,1-4H3,(H,28,30);4-5,10-12,14H,6-9H2,1-3H3;1-8,13,18,21H,9-12,14-15H2,(H,24,25);3-8,11-12,18,21H,9-10,13-14H2,1-2H3,(H,23,24);3-5,10-11,13-15H,6-9H2,1-2H3/t;14-;;18-,21?;13-,14+,15?/m.0.1./s1. The molecule has 0 radical (unpaired) electrons. The minimum atomic E-state index is -4.67. The number of carbonyl (C=O) groups excluding carboxylic acids is 3. The number of nitrogens with zero attached hydrogens (tertiary/aromatic N) is 10. The fourth-order valence-electron chi connectivity index (χ4n) is 19.8. The minimum Gasteiger partial charge on any atom is -0.496 e. The van der Waals surface area contributed by atoms with Gasteiger partial charge in [-0.2, -0.15) is 26.3 Å². The Kier molecular flexibility index (Phi) is 36.0. The first-order valence-electron chi connectivity index (χ1n) is 46.6. The van der Waals surface area contributed by atoms with E-state index >= 15 is 0 Å². The van der Waals surface area contributed by atoms with Crippen molar-refractivity contribution in [3.8, 4) is 11.5 Å². The molecule has 1 saturated carbocycles. The van der Waals surface area contributed by atoms with E-state index in [0.717, 1.165) is 145 Å². The summed E-state index contributed by atoms with van der Waals surface area (Å²) >= 11 is 5.91. The van der Waals surface area contributed by atoms with E-state index in [1.54, 1.807) is 41.0 Å². The second-order valence-corrected chi connectivity index (χ2v) is 40.1. The van der Waals surface area contributed by atoms with Gasteiger partial charge in [0.25, 0.3) is 17.7 Å². The first-order valence-corrected chi connectivity index (χ1v) is 48.9. The lowest BCUT2D eigenvalue weighted by molar-refractivity contribution is -0.189. The van der Waals surface area contributed by atoms with Crippen LogP contribution >= 0.6 is 11.6 Å². The zero-order valence-corrected chi connectivity index (χ0v) is 81.7. The summed E-state index contributed by atoms with van der Waals surface area (Å²) in [5.74, 6) is -0.687. The number of hydrogen-bond acceptors (Lipinski definition) is 16. The van der Waals surface area contributed by atoms with Crippen LogP contribution in [0, 0.1) is 62.0 Å². The number of carboxylic acids is 2. The van der Waals surface area contributed by atoms with Gasteiger partial charge in [-0.15, -0.1) is 0 Å². The number of fused-ring (bicyclic) bond motifs is 2. The number of halogens is 10. The van der Waals surface area contributed by atoms with Crippen LogP contribution in [0.3, 0.4) is 0 Å². The molecule has 4 saturated heterocycles. The average Bonchev–Trinajstić information content (AvgIpc) is 1.59. The van der Waals surface area contributed by atoms with Crippen LogP contribution in [0.4, 0.5) is 45.3 Å². The molecule has 744 valence electrons. The molecule has 6 heterocycles. The molecule has 0 bridgehead atoms. The predicted octanol–water partition coefficient (Wildman–Crippen LogP) is 19.0. The van der Waals surface area contributed by atoms with Gasteiger partial charge in [0.1, 0.15) is 29.7 Å². The minimum absolute atomic E-state index is 0.0812. The van der Waals surface area contributed by atoms with Gasteiger partial charge in [0, 0.05) is 102 Å². The second-order valence-electron chi connectivity index (χ2n) is 37.7. The fraction of sp³-hybridized carbons (Fsp3) is 0.425. The van der Waals surface area contributed by atoms with Crippen molar-refractivity contribution in [2.75, 3.05) is 124 Å². The second kappa shape index (κ2) is 47.1. The highest BCUT2D eigenvalue weighted by atomic mass is 35.5. The number of benzene rings is 8. The zero-order chi connectivity index (χ0) is 101. The SMILES string of the molecule is CN1C[C@@H]2C(CN(Cc3ccc(F)c(Cl)c3)C(=O)c3cn(C)cn3)[C@@H]2C1.COc1cc(C(F)(F)F)cc(C)c1C(=O)NC(c1ccccc1)C(C)(C)N1CCCC1.Cc1ccc2c(c1)CC[C@H](CN(C)CC(=O)O)C2c1ccccc1.Cc1cnc(N2CCN(C(=O)c3cc(S(C)(=O)=O)ccc3O[C@@H](C)C(F)(F)F)CC2)c(F)c1.O=C(O)CN1CCC(C(c2ccccc2)c2cccc(CF)c2)CC1. The average molecular weight is 1970 g/mol. The van der Waals surface area contributed by atoms with Crippen molar-refractivity contribution < 1.29 is 91.6 Å². The fourth-order valence-corrected chi connectivity index (χ4v) is 20.6. The van der Waals surface area contributed by atoms with E-state index in [4.69, 9.17) is 31.3 Å². The number of aryl methyl sites for hydroxylation is 5. The zero-order valence-electron chi connectivity index (χ0n) is 80.1. The summed E-state index contributed by atoms with van der Waals surface area (Å²) < 4.78 is 155. The number of sulfone groups is 1. The molecule has 2 aliphatic carbocycles. The molecule has 0 spiro atoms. The molecule has 3 amide bonds. The maximum Gasteiger partial charge on any atom is 0.425 e. The number of likely N-dealkylation sites (tertiary alicyclic amines) is 3. The van der Waals surface area contributed by atoms with Crippen molar-refractivity contribution in [2.24, 2.45) is 36.6 Å². The molecule has 8 atom stereocenters. The maximum absolute atomic E-state index is 14.2. The third kappa shape index (κ3) is 28.2. The highest BCUT2D eigenvalue weighted by Gasteiger charge is 2.55. The summed E-state index contributed by atoms with van der Waals surface area (Å²) in [6, 6.07) is 55.9. The predicted molar refractivity (Wildman–Crippen MR) is 517 cm³/mol. The molecule has 5 fully saturated rings. The number of likely N-dealkylation sites (N-methyl/N-ethyl adjacent to an activating group) is 1. The quantitative estimate of drug-likeness (QED) is 0.0405. The number of rotatable bonds is 27. The van der Waals surface area contributed by atoms with Crippen LogP contribution in [-0.4, -0.2) is 229 Å². The molecular weight excluding hydrogens is 1840 g/mol. The van der Waals surface area contributed by atoms with E-state index in [1.807, 2.05) is 102 Å². The van der Waals surface area contributed by atoms with Gasteiger partial charge in [0.05, 0.1) is 59.2 Å². The van der Waals surface area contributed by atoms with Gasteiger partial charge in [-0.05, 0) is 254 Å². The van der Waals surface area contributed by atoms with Crippen LogP contribution in [0.15, 0.2) is 212 Å². The monoisotopic (exact) mass is 1960 g/mol. The van der Waals surface area contributed by atoms with Crippen molar-refractivity contribution in [1.82, 2.24) is 49.3 Å². The van der Waals surface area contributed by atoms with Gasteiger partial charge in [-0.3, -0.25) is 38.7 Å². The smallest absolute Gasteiger partial charge is 0.425 e. The molecule has 3 N–H and O–H groups in total. The van der Waals surface area contributed by atoms with E-state index in [2.05, 4.69) is 114 Å². The number of nitrogens with one attached hydrogen (secondary N) is 1. The molecule has 6 aliphatic rings. The number of aliphatic carboxylic acids is 2. The lowest BCUT2D eigenvalue weighted by Crippen LogP contribution is -2.52. The largest absolute Gasteiger partial charge is 0.496 e. The van der Waals surface area contributed by atoms with Crippen LogP contribution in [-0.2, 0) is 52.3 Å². The molecule has 4 unspecified atom stereocenters. The number of aromatic nitrogens is 3. The Morgan fingerprint density at radius 2 is 1.31 bits per heavy atom. The number of carboxylic acid groups (broad SMARTS) is 2. The van der Waals surface area contributed by atoms with Gasteiger partial charge >= 0.3 is 24.3 Å². The topological polar surface area (TPSA) is 244 Å². The van der Waals surface area contributed by atoms with Crippen LogP contribution in [0.2, 0.25) is 5.02 Å². The van der Waals surface area contributed by atoms with Crippen molar-refractivity contribution in [3.05, 3.63) is 307 Å². The normalized spacial score (nSPS) is 18.6. The highest BCUT2D eigenvalue weighted by molar-refractivity contribution is 7.90. The number of alkyl halides is 7. The van der Waals surface area contributed by atoms with Crippen molar-refractivity contribution >= 4 is 56.9 Å². The van der Waals surface area contributed by atoms with Crippen LogP contribution < -0.4 is 19.7 Å². The number of amides is 3. The third-order valence-corrected chi connectivity index (χ3v) is 28.3. The maximum atomic E-state index is 14.2. The van der Waals surface area contributed by atoms with Gasteiger partial charge in [0.15, 0.2) is 27.6 Å². The van der Waals surface area contributed by atoms with Crippen molar-refractivity contribution in [3.63, 3.8) is 0 Å². The van der Waals surface area contributed by atoms with Gasteiger partial charge in [-0.25, -0.2) is 31.6 Å².